The summed E-state index contributed by atoms with van der Waals surface area (Å²) in [6, 6.07) is 12.7. The monoisotopic (exact) mass is 357 g/mol. The van der Waals surface area contributed by atoms with E-state index in [0.29, 0.717) is 17.0 Å². The fraction of sp³-hybridized carbons (Fsp3) is 0.167. The Balaban J connectivity index is 1.96. The summed E-state index contributed by atoms with van der Waals surface area (Å²) >= 11 is 3.39. The van der Waals surface area contributed by atoms with Crippen molar-refractivity contribution in [1.29, 1.82) is 0 Å². The average Bonchev–Trinajstić information content (AvgIpc) is 3.31. The van der Waals surface area contributed by atoms with Gasteiger partial charge in [0.1, 0.15) is 5.82 Å². The lowest BCUT2D eigenvalue weighted by molar-refractivity contribution is 0.635. The van der Waals surface area contributed by atoms with Gasteiger partial charge in [0.25, 0.3) is 5.56 Å². The van der Waals surface area contributed by atoms with E-state index in [4.69, 9.17) is 0 Å². The lowest BCUT2D eigenvalue weighted by Crippen LogP contribution is -2.18. The highest BCUT2D eigenvalue weighted by Crippen LogP contribution is 2.41. The molecule has 1 aromatic heterocycles. The van der Waals surface area contributed by atoms with Crippen LogP contribution in [0.25, 0.3) is 16.5 Å². The third-order valence-corrected chi connectivity index (χ3v) is 4.61. The van der Waals surface area contributed by atoms with Crippen LogP contribution in [-0.2, 0) is 0 Å². The molecule has 0 N–H and O–H groups in total. The average molecular weight is 358 g/mol. The Kier molecular flexibility index (Phi) is 3.15. The number of aromatic nitrogens is 1. The van der Waals surface area contributed by atoms with Crippen molar-refractivity contribution in [3.8, 4) is 5.69 Å². The van der Waals surface area contributed by atoms with Gasteiger partial charge in [0.05, 0.1) is 5.39 Å². The Labute approximate surface area is 135 Å². The predicted octanol–water partition coefficient (Wildman–Crippen LogP) is 4.77. The van der Waals surface area contributed by atoms with Crippen molar-refractivity contribution in [2.45, 2.75) is 18.8 Å². The van der Waals surface area contributed by atoms with Crippen LogP contribution < -0.4 is 5.56 Å². The van der Waals surface area contributed by atoms with Crippen molar-refractivity contribution in [1.82, 2.24) is 4.57 Å². The number of halogens is 2. The van der Waals surface area contributed by atoms with E-state index in [1.165, 1.54) is 10.6 Å². The summed E-state index contributed by atoms with van der Waals surface area (Å²) < 4.78 is 16.8. The molecule has 1 saturated carbocycles. The van der Waals surface area contributed by atoms with Crippen molar-refractivity contribution < 1.29 is 4.39 Å². The molecule has 1 aliphatic carbocycles. The molecule has 0 bridgehead atoms. The summed E-state index contributed by atoms with van der Waals surface area (Å²) in [5, 5.41) is 0.838. The van der Waals surface area contributed by atoms with Gasteiger partial charge in [0.15, 0.2) is 0 Å². The summed E-state index contributed by atoms with van der Waals surface area (Å²) in [4.78, 5) is 12.7. The lowest BCUT2D eigenvalue weighted by atomic mass is 10.0. The number of benzene rings is 2. The number of hydrogen-bond acceptors (Lipinski definition) is 1. The van der Waals surface area contributed by atoms with Crippen molar-refractivity contribution in [2.24, 2.45) is 0 Å². The second kappa shape index (κ2) is 5.06. The number of rotatable bonds is 2. The molecule has 0 amide bonds. The maximum absolute atomic E-state index is 14.4. The molecule has 2 aromatic carbocycles. The molecule has 1 heterocycles. The Bertz CT molecular complexity index is 943. The van der Waals surface area contributed by atoms with Crippen LogP contribution in [0.3, 0.4) is 0 Å². The minimum atomic E-state index is -0.422. The fourth-order valence-electron chi connectivity index (χ4n) is 2.83. The third-order valence-electron chi connectivity index (χ3n) is 4.11. The van der Waals surface area contributed by atoms with Gasteiger partial charge in [0.2, 0.25) is 0 Å². The SMILES string of the molecule is O=c1c2c(F)cc(C3CC3)cc2ccn1-c1cccc(Br)c1. The van der Waals surface area contributed by atoms with Crippen LogP contribution in [-0.4, -0.2) is 4.57 Å². The molecule has 0 atom stereocenters. The van der Waals surface area contributed by atoms with E-state index in [-0.39, 0.29) is 10.9 Å². The summed E-state index contributed by atoms with van der Waals surface area (Å²) in [6.45, 7) is 0. The molecule has 22 heavy (non-hydrogen) atoms. The molecule has 4 rings (SSSR count). The first-order chi connectivity index (χ1) is 10.6. The maximum atomic E-state index is 14.4. The molecule has 1 fully saturated rings. The zero-order chi connectivity index (χ0) is 15.3. The maximum Gasteiger partial charge on any atom is 0.265 e. The van der Waals surface area contributed by atoms with Gasteiger partial charge in [-0.15, -0.1) is 0 Å². The largest absolute Gasteiger partial charge is 0.284 e. The summed E-state index contributed by atoms with van der Waals surface area (Å²) in [6.07, 6.45) is 3.93. The van der Waals surface area contributed by atoms with Gasteiger partial charge >= 0.3 is 0 Å². The fourth-order valence-corrected chi connectivity index (χ4v) is 3.22. The third kappa shape index (κ3) is 2.28. The first kappa shape index (κ1) is 13.7. The molecule has 0 unspecified atom stereocenters. The first-order valence-electron chi connectivity index (χ1n) is 7.24. The molecule has 110 valence electrons. The molecular weight excluding hydrogens is 345 g/mol. The van der Waals surface area contributed by atoms with E-state index < -0.39 is 5.82 Å². The number of fused-ring (bicyclic) bond motifs is 1. The van der Waals surface area contributed by atoms with Gasteiger partial charge in [-0.3, -0.25) is 9.36 Å². The molecule has 0 saturated heterocycles. The number of nitrogens with zero attached hydrogens (tertiary/aromatic N) is 1. The van der Waals surface area contributed by atoms with Crippen LogP contribution in [0.4, 0.5) is 4.39 Å². The van der Waals surface area contributed by atoms with Crippen LogP contribution in [0, 0.1) is 5.82 Å². The molecule has 1 aliphatic rings. The van der Waals surface area contributed by atoms with Gasteiger partial charge < -0.3 is 0 Å². The smallest absolute Gasteiger partial charge is 0.265 e. The predicted molar refractivity (Wildman–Crippen MR) is 89.2 cm³/mol. The van der Waals surface area contributed by atoms with Gasteiger partial charge in [-0.25, -0.2) is 4.39 Å². The normalized spacial score (nSPS) is 14.5. The lowest BCUT2D eigenvalue weighted by Gasteiger charge is -2.09. The zero-order valence-electron chi connectivity index (χ0n) is 11.7. The Morgan fingerprint density at radius 2 is 1.95 bits per heavy atom. The highest BCUT2D eigenvalue weighted by molar-refractivity contribution is 9.10. The van der Waals surface area contributed by atoms with Crippen molar-refractivity contribution in [3.63, 3.8) is 0 Å². The van der Waals surface area contributed by atoms with Crippen LogP contribution in [0.5, 0.6) is 0 Å². The first-order valence-corrected chi connectivity index (χ1v) is 8.03. The summed E-state index contributed by atoms with van der Waals surface area (Å²) in [5.74, 6) is 0.0418. The molecule has 0 radical (unpaired) electrons. The van der Waals surface area contributed by atoms with Crippen molar-refractivity contribution in [3.05, 3.63) is 74.9 Å². The highest BCUT2D eigenvalue weighted by Gasteiger charge is 2.25. The van der Waals surface area contributed by atoms with E-state index in [2.05, 4.69) is 15.9 Å². The Morgan fingerprint density at radius 1 is 1.14 bits per heavy atom. The second-order valence-electron chi connectivity index (χ2n) is 5.71. The van der Waals surface area contributed by atoms with Crippen molar-refractivity contribution in [2.75, 3.05) is 0 Å². The zero-order valence-corrected chi connectivity index (χ0v) is 13.3. The Morgan fingerprint density at radius 3 is 2.68 bits per heavy atom. The topological polar surface area (TPSA) is 22.0 Å². The van der Waals surface area contributed by atoms with E-state index in [9.17, 15) is 9.18 Å². The molecule has 0 spiro atoms. The van der Waals surface area contributed by atoms with Gasteiger partial charge in [-0.1, -0.05) is 28.1 Å². The summed E-state index contributed by atoms with van der Waals surface area (Å²) in [5.41, 5.74) is 1.40. The summed E-state index contributed by atoms with van der Waals surface area (Å²) in [7, 11) is 0. The van der Waals surface area contributed by atoms with Crippen LogP contribution in [0.1, 0.15) is 24.3 Å². The molecule has 3 aromatic rings. The molecular formula is C18H13BrFNO. The van der Waals surface area contributed by atoms with Crippen LogP contribution >= 0.6 is 15.9 Å². The second-order valence-corrected chi connectivity index (χ2v) is 6.63. The minimum Gasteiger partial charge on any atom is -0.284 e. The van der Waals surface area contributed by atoms with E-state index >= 15 is 0 Å². The van der Waals surface area contributed by atoms with Crippen LogP contribution in [0.2, 0.25) is 0 Å². The number of hydrogen-bond donors (Lipinski definition) is 0. The van der Waals surface area contributed by atoms with Gasteiger partial charge in [0, 0.05) is 16.4 Å². The highest BCUT2D eigenvalue weighted by atomic mass is 79.9. The van der Waals surface area contributed by atoms with E-state index in [1.54, 1.807) is 6.20 Å². The van der Waals surface area contributed by atoms with Crippen LogP contribution in [0.15, 0.2) is 57.9 Å². The molecule has 2 nitrogen and oxygen atoms in total. The van der Waals surface area contributed by atoms with Gasteiger partial charge in [-0.05, 0) is 60.0 Å². The minimum absolute atomic E-state index is 0.159. The molecule has 0 aliphatic heterocycles. The molecule has 4 heteroatoms. The standard InChI is InChI=1S/C18H13BrFNO/c19-14-2-1-3-15(10-14)21-7-6-12-8-13(11-4-5-11)9-16(20)17(12)18(21)22/h1-3,6-11H,4-5H2. The van der Waals surface area contributed by atoms with E-state index in [1.807, 2.05) is 36.4 Å². The quantitative estimate of drug-likeness (QED) is 0.647. The number of pyridine rings is 1. The van der Waals surface area contributed by atoms with E-state index in [0.717, 1.165) is 22.9 Å². The van der Waals surface area contributed by atoms with Crippen molar-refractivity contribution >= 4 is 26.7 Å². The van der Waals surface area contributed by atoms with Gasteiger partial charge in [-0.2, -0.15) is 0 Å². The Hall–Kier alpha value is -1.94.